The third kappa shape index (κ3) is 790. The van der Waals surface area contributed by atoms with E-state index < -0.39 is 15.7 Å². The molecular weight excluding hydrogens is 254 g/mol. The molecule has 0 aliphatic rings. The second-order valence-electron chi connectivity index (χ2n) is 0.388. The molecule has 0 spiro atoms. The van der Waals surface area contributed by atoms with Gasteiger partial charge in [-0.05, 0) is 0 Å². The Hall–Kier alpha value is 0.156. The Morgan fingerprint density at radius 3 is 1.20 bits per heavy atom. The van der Waals surface area contributed by atoms with Crippen molar-refractivity contribution in [2.24, 2.45) is 0 Å². The molecule has 2 N–H and O–H groups in total. The van der Waals surface area contributed by atoms with Crippen molar-refractivity contribution >= 4 is 0 Å². The third-order valence-electron chi connectivity index (χ3n) is 0. The van der Waals surface area contributed by atoms with Crippen molar-refractivity contribution in [1.29, 1.82) is 0 Å². The molecule has 0 heterocycles. The summed E-state index contributed by atoms with van der Waals surface area (Å²) in [7, 11) is 0. The fourth-order valence-corrected chi connectivity index (χ4v) is 0. The van der Waals surface area contributed by atoms with E-state index in [1.54, 1.807) is 0 Å². The Balaban J connectivity index is 4.06. The molecule has 4 nitrogen and oxygen atoms in total. The van der Waals surface area contributed by atoms with Crippen LogP contribution >= 0.6 is 0 Å². The van der Waals surface area contributed by atoms with Crippen LogP contribution in [0.25, 0.3) is 0 Å². The minimum absolute atomic E-state index is 5.56. The van der Waals surface area contributed by atoms with Gasteiger partial charge < -0.3 is 0 Å². The molecule has 0 bridgehead atoms. The van der Waals surface area contributed by atoms with Crippen LogP contribution < -0.4 is 0 Å². The fraction of sp³-hybridized carbons (Fsp3) is 0. The van der Waals surface area contributed by atoms with Gasteiger partial charge in [0.1, 0.15) is 0 Å². The van der Waals surface area contributed by atoms with Crippen LogP contribution in [0.5, 0.6) is 0 Å². The predicted molar refractivity (Wildman–Crippen MR) is 5.81 cm³/mol. The normalized spacial score (nSPS) is 14.8. The van der Waals surface area contributed by atoms with E-state index in [0.717, 1.165) is 0 Å². The van der Waals surface area contributed by atoms with Gasteiger partial charge in [-0.15, -0.1) is 0 Å². The van der Waals surface area contributed by atoms with E-state index in [1.807, 2.05) is 0 Å². The molecule has 0 atom stereocenters. The first kappa shape index (κ1) is 5.16. The van der Waals surface area contributed by atoms with Crippen LogP contribution in [0.15, 0.2) is 0 Å². The SMILES string of the molecule is [O]=[Os](=[O])([OH])[OH]. The van der Waals surface area contributed by atoms with Crippen molar-refractivity contribution in [3.63, 3.8) is 0 Å². The van der Waals surface area contributed by atoms with Crippen molar-refractivity contribution < 1.29 is 30.5 Å². The third-order valence-corrected chi connectivity index (χ3v) is 0. The van der Waals surface area contributed by atoms with Gasteiger partial charge in [-0.1, -0.05) is 0 Å². The van der Waals surface area contributed by atoms with Crippen molar-refractivity contribution in [3.8, 4) is 0 Å². The van der Waals surface area contributed by atoms with E-state index in [2.05, 4.69) is 0 Å². The molecule has 34 valence electrons. The van der Waals surface area contributed by atoms with Crippen LogP contribution in [0, 0.1) is 0 Å². The molecule has 5 heteroatoms. The molecule has 5 heavy (non-hydrogen) atoms. The second-order valence-corrected chi connectivity index (χ2v) is 3.17. The van der Waals surface area contributed by atoms with Gasteiger partial charge in [0.05, 0.1) is 0 Å². The summed E-state index contributed by atoms with van der Waals surface area (Å²) in [5, 5.41) is 0. The molecule has 0 fully saturated rings. The zero-order valence-electron chi connectivity index (χ0n) is 2.06. The zero-order valence-corrected chi connectivity index (χ0v) is 4.60. The first-order chi connectivity index (χ1) is 2.00. The Bertz CT molecular complexity index is 86.8. The second kappa shape index (κ2) is 1.09. The summed E-state index contributed by atoms with van der Waals surface area (Å²) in [5.74, 6) is 0. The molecule has 0 radical (unpaired) electrons. The van der Waals surface area contributed by atoms with E-state index in [4.69, 9.17) is 14.9 Å². The Morgan fingerprint density at radius 1 is 1.20 bits per heavy atom. The molecule has 0 saturated heterocycles. The van der Waals surface area contributed by atoms with E-state index in [0.29, 0.717) is 0 Å². The molecule has 0 rings (SSSR count). The Morgan fingerprint density at radius 2 is 1.20 bits per heavy atom. The number of rotatable bonds is 0. The summed E-state index contributed by atoms with van der Waals surface area (Å²) >= 11 is -5.56. The first-order valence-electron chi connectivity index (χ1n) is 0.605. The Labute approximate surface area is 31.3 Å². The Kier molecular flexibility index (Phi) is 1.13. The van der Waals surface area contributed by atoms with Gasteiger partial charge in [-0.25, -0.2) is 0 Å². The van der Waals surface area contributed by atoms with Gasteiger partial charge in [0.15, 0.2) is 0 Å². The molecule has 0 aromatic heterocycles. The molecule has 0 amide bonds. The summed E-state index contributed by atoms with van der Waals surface area (Å²) in [4.78, 5) is 0. The van der Waals surface area contributed by atoms with Crippen molar-refractivity contribution in [2.75, 3.05) is 0 Å². The monoisotopic (exact) mass is 258 g/mol. The summed E-state index contributed by atoms with van der Waals surface area (Å²) in [5.41, 5.74) is 0. The van der Waals surface area contributed by atoms with Gasteiger partial charge in [-0.3, -0.25) is 0 Å². The molecule has 0 saturated carbocycles. The van der Waals surface area contributed by atoms with Gasteiger partial charge in [0.2, 0.25) is 0 Å². The molecule has 0 unspecified atom stereocenters. The van der Waals surface area contributed by atoms with Crippen LogP contribution in [0.1, 0.15) is 0 Å². The van der Waals surface area contributed by atoms with Gasteiger partial charge >= 0.3 is 30.5 Å². The van der Waals surface area contributed by atoms with Crippen LogP contribution in [0.4, 0.5) is 0 Å². The number of hydrogen-bond acceptors (Lipinski definition) is 2. The molecule has 0 aliphatic carbocycles. The first-order valence-corrected chi connectivity index (χ1v) is 4.95. The maximum atomic E-state index is 8.85. The van der Waals surface area contributed by atoms with Gasteiger partial charge in [0, 0.05) is 0 Å². The van der Waals surface area contributed by atoms with E-state index in [-0.39, 0.29) is 0 Å². The topological polar surface area (TPSA) is 74.6 Å². The maximum absolute atomic E-state index is 8.85. The minimum atomic E-state index is -5.56. The van der Waals surface area contributed by atoms with Crippen molar-refractivity contribution in [1.82, 2.24) is 0 Å². The van der Waals surface area contributed by atoms with E-state index in [1.165, 1.54) is 0 Å². The molecule has 0 aromatic rings. The summed E-state index contributed by atoms with van der Waals surface area (Å²) in [6.07, 6.45) is 0. The molecule has 0 aliphatic heterocycles. The van der Waals surface area contributed by atoms with E-state index >= 15 is 0 Å². The zero-order chi connectivity index (χ0) is 4.50. The molecule has 0 aromatic carbocycles. The summed E-state index contributed by atoms with van der Waals surface area (Å²) < 4.78 is 32.0. The number of hydrogen-bond donors (Lipinski definition) is 2. The van der Waals surface area contributed by atoms with Gasteiger partial charge in [0.25, 0.3) is 0 Å². The summed E-state index contributed by atoms with van der Waals surface area (Å²) in [6.45, 7) is 0. The van der Waals surface area contributed by atoms with E-state index in [9.17, 15) is 0 Å². The van der Waals surface area contributed by atoms with Crippen LogP contribution in [-0.2, 0) is 22.7 Å². The fourth-order valence-electron chi connectivity index (χ4n) is 0. The predicted octanol–water partition coefficient (Wildman–Crippen LogP) is -1.35. The average Bonchev–Trinajstić information content (AvgIpc) is 0.722. The van der Waals surface area contributed by atoms with Crippen molar-refractivity contribution in [2.45, 2.75) is 0 Å². The van der Waals surface area contributed by atoms with Crippen LogP contribution in [0.3, 0.4) is 0 Å². The average molecular weight is 256 g/mol. The van der Waals surface area contributed by atoms with Crippen molar-refractivity contribution in [3.05, 3.63) is 0 Å². The quantitative estimate of drug-likeness (QED) is 0.562. The molecular formula is H2O4Os. The van der Waals surface area contributed by atoms with Crippen LogP contribution in [0.2, 0.25) is 0 Å². The van der Waals surface area contributed by atoms with Gasteiger partial charge in [-0.2, -0.15) is 0 Å². The standard InChI is InChI=1S/2H2O.2O.Os/h2*1H2;;;/q;;;;+2/p-2. The van der Waals surface area contributed by atoms with Crippen LogP contribution in [-0.4, -0.2) is 7.80 Å². The summed E-state index contributed by atoms with van der Waals surface area (Å²) in [6, 6.07) is 0.